The molecule has 1 saturated heterocycles. The molecule has 0 aromatic heterocycles. The van der Waals surface area contributed by atoms with Gasteiger partial charge in [0.15, 0.2) is 0 Å². The van der Waals surface area contributed by atoms with Crippen molar-refractivity contribution in [3.63, 3.8) is 0 Å². The fraction of sp³-hybridized carbons (Fsp3) is 0.269. The van der Waals surface area contributed by atoms with Crippen molar-refractivity contribution in [2.24, 2.45) is 0 Å². The van der Waals surface area contributed by atoms with Crippen LogP contribution in [0.2, 0.25) is 0 Å². The molecule has 5 nitrogen and oxygen atoms in total. The molecule has 5 heteroatoms. The number of para-hydroxylation sites is 1. The Balaban J connectivity index is 1.30. The fourth-order valence-electron chi connectivity index (χ4n) is 3.69. The Labute approximate surface area is 183 Å². The van der Waals surface area contributed by atoms with E-state index in [4.69, 9.17) is 9.47 Å². The van der Waals surface area contributed by atoms with Gasteiger partial charge in [-0.05, 0) is 42.3 Å². The Morgan fingerprint density at radius 1 is 0.968 bits per heavy atom. The summed E-state index contributed by atoms with van der Waals surface area (Å²) in [5, 5.41) is 2.98. The number of carbonyl (C=O) groups excluding carboxylic acids is 1. The maximum Gasteiger partial charge on any atom is 0.255 e. The highest BCUT2D eigenvalue weighted by Gasteiger charge is 2.29. The van der Waals surface area contributed by atoms with Crippen LogP contribution in [0.1, 0.15) is 28.4 Å². The summed E-state index contributed by atoms with van der Waals surface area (Å²) in [6.45, 7) is 5.68. The molecule has 0 atom stereocenters. The van der Waals surface area contributed by atoms with E-state index >= 15 is 0 Å². The lowest BCUT2D eigenvalue weighted by atomic mass is 10.1. The van der Waals surface area contributed by atoms with Gasteiger partial charge in [0, 0.05) is 26.2 Å². The Morgan fingerprint density at radius 3 is 2.52 bits per heavy atom. The van der Waals surface area contributed by atoms with Gasteiger partial charge in [0.1, 0.15) is 17.6 Å². The van der Waals surface area contributed by atoms with Crippen LogP contribution in [0.4, 0.5) is 0 Å². The fourth-order valence-corrected chi connectivity index (χ4v) is 3.69. The zero-order valence-electron chi connectivity index (χ0n) is 17.8. The number of rotatable bonds is 9. The Morgan fingerprint density at radius 2 is 1.71 bits per heavy atom. The van der Waals surface area contributed by atoms with Crippen LogP contribution in [0.3, 0.4) is 0 Å². The van der Waals surface area contributed by atoms with E-state index in [1.54, 1.807) is 0 Å². The third-order valence-corrected chi connectivity index (χ3v) is 5.26. The lowest BCUT2D eigenvalue weighted by Gasteiger charge is -2.39. The molecular formula is C26H28N2O3. The number of nitrogens with zero attached hydrogens (tertiary/aromatic N) is 1. The highest BCUT2D eigenvalue weighted by molar-refractivity contribution is 5.96. The van der Waals surface area contributed by atoms with Crippen molar-refractivity contribution >= 4 is 5.91 Å². The summed E-state index contributed by atoms with van der Waals surface area (Å²) < 4.78 is 11.7. The minimum absolute atomic E-state index is 0.0816. The smallest absolute Gasteiger partial charge is 0.255 e. The quantitative estimate of drug-likeness (QED) is 0.566. The maximum atomic E-state index is 12.7. The van der Waals surface area contributed by atoms with Crippen LogP contribution in [-0.2, 0) is 13.1 Å². The lowest BCUT2D eigenvalue weighted by Crippen LogP contribution is -2.53. The molecule has 0 saturated carbocycles. The highest BCUT2D eigenvalue weighted by atomic mass is 16.5. The van der Waals surface area contributed by atoms with Gasteiger partial charge in [0.05, 0.1) is 12.2 Å². The monoisotopic (exact) mass is 416 g/mol. The molecule has 0 bridgehead atoms. The lowest BCUT2D eigenvalue weighted by molar-refractivity contribution is 0.0140. The minimum atomic E-state index is -0.122. The summed E-state index contributed by atoms with van der Waals surface area (Å²) in [5.74, 6) is 1.42. The van der Waals surface area contributed by atoms with Crippen molar-refractivity contribution in [3.8, 4) is 11.5 Å². The van der Waals surface area contributed by atoms with Crippen molar-refractivity contribution in [2.75, 3.05) is 19.7 Å². The van der Waals surface area contributed by atoms with Crippen molar-refractivity contribution in [1.82, 2.24) is 10.2 Å². The van der Waals surface area contributed by atoms with Crippen molar-refractivity contribution < 1.29 is 14.3 Å². The standard InChI is InChI=1S/C26H28N2O3/c1-2-30-22-12-8-11-21(15-22)17-28-18-23(19-28)31-25-14-7-6-13-24(25)26(29)27-16-20-9-4-3-5-10-20/h3-15,23H,2,16-19H2,1H3,(H,27,29). The zero-order valence-corrected chi connectivity index (χ0v) is 17.8. The van der Waals surface area contributed by atoms with Crippen LogP contribution < -0.4 is 14.8 Å². The van der Waals surface area contributed by atoms with Crippen LogP contribution in [0, 0.1) is 0 Å². The predicted octanol–water partition coefficient (Wildman–Crippen LogP) is 4.28. The number of likely N-dealkylation sites (tertiary alicyclic amines) is 1. The van der Waals surface area contributed by atoms with Crippen molar-refractivity contribution in [3.05, 3.63) is 95.6 Å². The van der Waals surface area contributed by atoms with Crippen molar-refractivity contribution in [2.45, 2.75) is 26.1 Å². The molecule has 31 heavy (non-hydrogen) atoms. The van der Waals surface area contributed by atoms with Crippen LogP contribution in [0.15, 0.2) is 78.9 Å². The van der Waals surface area contributed by atoms with Gasteiger partial charge >= 0.3 is 0 Å². The molecule has 3 aromatic rings. The van der Waals surface area contributed by atoms with Gasteiger partial charge in [-0.2, -0.15) is 0 Å². The average molecular weight is 417 g/mol. The van der Waals surface area contributed by atoms with E-state index in [9.17, 15) is 4.79 Å². The van der Waals surface area contributed by atoms with Gasteiger partial charge in [0.2, 0.25) is 0 Å². The van der Waals surface area contributed by atoms with Gasteiger partial charge in [0.25, 0.3) is 5.91 Å². The van der Waals surface area contributed by atoms with E-state index in [1.807, 2.05) is 73.7 Å². The van der Waals surface area contributed by atoms with Gasteiger partial charge < -0.3 is 14.8 Å². The number of ether oxygens (including phenoxy) is 2. The van der Waals surface area contributed by atoms with Gasteiger partial charge in [-0.3, -0.25) is 9.69 Å². The number of hydrogen-bond donors (Lipinski definition) is 1. The second kappa shape index (κ2) is 10.1. The molecule has 160 valence electrons. The molecule has 0 radical (unpaired) electrons. The third-order valence-electron chi connectivity index (χ3n) is 5.26. The second-order valence-electron chi connectivity index (χ2n) is 7.68. The van der Waals surface area contributed by atoms with Gasteiger partial charge in [-0.15, -0.1) is 0 Å². The first kappa shape index (κ1) is 20.9. The summed E-state index contributed by atoms with van der Waals surface area (Å²) in [4.78, 5) is 15.0. The molecule has 1 fully saturated rings. The summed E-state index contributed by atoms with van der Waals surface area (Å²) in [6, 6.07) is 25.5. The molecule has 1 aliphatic rings. The van der Waals surface area contributed by atoms with Crippen LogP contribution in [0.5, 0.6) is 11.5 Å². The topological polar surface area (TPSA) is 50.8 Å². The van der Waals surface area contributed by atoms with E-state index in [0.29, 0.717) is 24.5 Å². The van der Waals surface area contributed by atoms with Gasteiger partial charge in [-0.1, -0.05) is 54.6 Å². The molecule has 0 unspecified atom stereocenters. The highest BCUT2D eigenvalue weighted by Crippen LogP contribution is 2.24. The summed E-state index contributed by atoms with van der Waals surface area (Å²) in [6.07, 6.45) is 0.0816. The first-order chi connectivity index (χ1) is 15.2. The first-order valence-corrected chi connectivity index (χ1v) is 10.7. The normalized spacial score (nSPS) is 14.0. The van der Waals surface area contributed by atoms with Crippen LogP contribution in [0.25, 0.3) is 0 Å². The number of carbonyl (C=O) groups is 1. The SMILES string of the molecule is CCOc1cccc(CN2CC(Oc3ccccc3C(=O)NCc3ccccc3)C2)c1. The number of amides is 1. The minimum Gasteiger partial charge on any atom is -0.494 e. The van der Waals surface area contributed by atoms with E-state index in [1.165, 1.54) is 5.56 Å². The summed E-state index contributed by atoms with van der Waals surface area (Å²) in [5.41, 5.74) is 2.86. The molecule has 3 aromatic carbocycles. The molecular weight excluding hydrogens is 388 g/mol. The Kier molecular flexibility index (Phi) is 6.85. The Hall–Kier alpha value is -3.31. The Bertz CT molecular complexity index is 1000. The maximum absolute atomic E-state index is 12.7. The van der Waals surface area contributed by atoms with Gasteiger partial charge in [-0.25, -0.2) is 0 Å². The predicted molar refractivity (Wildman–Crippen MR) is 121 cm³/mol. The first-order valence-electron chi connectivity index (χ1n) is 10.7. The van der Waals surface area contributed by atoms with E-state index < -0.39 is 0 Å². The molecule has 1 amide bonds. The van der Waals surface area contributed by atoms with E-state index in [0.717, 1.165) is 30.9 Å². The van der Waals surface area contributed by atoms with Crippen molar-refractivity contribution in [1.29, 1.82) is 0 Å². The van der Waals surface area contributed by atoms with E-state index in [2.05, 4.69) is 22.3 Å². The van der Waals surface area contributed by atoms with E-state index in [-0.39, 0.29) is 12.0 Å². The molecule has 4 rings (SSSR count). The molecule has 0 spiro atoms. The summed E-state index contributed by atoms with van der Waals surface area (Å²) in [7, 11) is 0. The third kappa shape index (κ3) is 5.64. The summed E-state index contributed by atoms with van der Waals surface area (Å²) >= 11 is 0. The molecule has 1 aliphatic heterocycles. The molecule has 1 heterocycles. The van der Waals surface area contributed by atoms with Crippen LogP contribution in [-0.4, -0.2) is 36.6 Å². The number of hydrogen-bond acceptors (Lipinski definition) is 4. The average Bonchev–Trinajstić information content (AvgIpc) is 2.77. The molecule has 1 N–H and O–H groups in total. The molecule has 0 aliphatic carbocycles. The second-order valence-corrected chi connectivity index (χ2v) is 7.68. The number of nitrogens with one attached hydrogen (secondary N) is 1. The van der Waals surface area contributed by atoms with Crippen LogP contribution >= 0.6 is 0 Å². The number of benzene rings is 3. The zero-order chi connectivity index (χ0) is 21.5. The largest absolute Gasteiger partial charge is 0.494 e.